The Balaban J connectivity index is 2.39. The van der Waals surface area contributed by atoms with E-state index in [-0.39, 0.29) is 17.5 Å². The lowest BCUT2D eigenvalue weighted by atomic mass is 9.96. The minimum absolute atomic E-state index is 0.00773. The summed E-state index contributed by atoms with van der Waals surface area (Å²) in [6, 6.07) is 0.00773. The molecule has 0 amide bonds. The maximum absolute atomic E-state index is 11.9. The fourth-order valence-corrected chi connectivity index (χ4v) is 2.66. The third-order valence-electron chi connectivity index (χ3n) is 3.78. The first-order valence-electron chi connectivity index (χ1n) is 6.65. The van der Waals surface area contributed by atoms with Crippen LogP contribution in [0.15, 0.2) is 9.59 Å². The van der Waals surface area contributed by atoms with Crippen molar-refractivity contribution in [3.63, 3.8) is 0 Å². The van der Waals surface area contributed by atoms with Gasteiger partial charge in [-0.15, -0.1) is 0 Å². The average Bonchev–Trinajstić information content (AvgIpc) is 2.28. The summed E-state index contributed by atoms with van der Waals surface area (Å²) in [6.07, 6.45) is 7.50. The molecule has 2 rings (SSSR count). The summed E-state index contributed by atoms with van der Waals surface area (Å²) in [6.45, 7) is 1.53. The van der Waals surface area contributed by atoms with Gasteiger partial charge in [0.1, 0.15) is 0 Å². The Morgan fingerprint density at radius 2 is 1.67 bits per heavy atom. The van der Waals surface area contributed by atoms with E-state index in [2.05, 4.69) is 4.98 Å². The SMILES string of the molecule is Cc1c(O)n(C2CCCCCCC2)c(=O)[nH]c1=O. The monoisotopic (exact) mass is 252 g/mol. The number of H-pyrrole nitrogens is 1. The predicted octanol–water partition coefficient (Wildman–Crippen LogP) is 1.84. The number of hydrogen-bond acceptors (Lipinski definition) is 3. The van der Waals surface area contributed by atoms with Crippen LogP contribution in [0.1, 0.15) is 56.6 Å². The van der Waals surface area contributed by atoms with Crippen molar-refractivity contribution in [1.82, 2.24) is 9.55 Å². The van der Waals surface area contributed by atoms with E-state index >= 15 is 0 Å². The van der Waals surface area contributed by atoms with Gasteiger partial charge in [0.2, 0.25) is 5.88 Å². The number of nitrogens with one attached hydrogen (secondary N) is 1. The third-order valence-corrected chi connectivity index (χ3v) is 3.78. The number of aromatic nitrogens is 2. The molecule has 0 radical (unpaired) electrons. The average molecular weight is 252 g/mol. The Bertz CT molecular complexity index is 522. The van der Waals surface area contributed by atoms with Gasteiger partial charge < -0.3 is 5.11 Å². The summed E-state index contributed by atoms with van der Waals surface area (Å²) in [5.74, 6) is -0.172. The van der Waals surface area contributed by atoms with Gasteiger partial charge in [-0.3, -0.25) is 14.3 Å². The molecule has 0 saturated heterocycles. The molecule has 18 heavy (non-hydrogen) atoms. The molecule has 1 aliphatic rings. The lowest BCUT2D eigenvalue weighted by molar-refractivity contribution is 0.310. The highest BCUT2D eigenvalue weighted by molar-refractivity contribution is 5.21. The van der Waals surface area contributed by atoms with E-state index in [0.29, 0.717) is 0 Å². The number of aromatic amines is 1. The first-order valence-corrected chi connectivity index (χ1v) is 6.65. The van der Waals surface area contributed by atoms with Gasteiger partial charge >= 0.3 is 5.69 Å². The highest BCUT2D eigenvalue weighted by Crippen LogP contribution is 2.28. The van der Waals surface area contributed by atoms with E-state index in [1.54, 1.807) is 0 Å². The molecule has 1 saturated carbocycles. The van der Waals surface area contributed by atoms with Crippen LogP contribution in [0.4, 0.5) is 0 Å². The molecule has 0 unspecified atom stereocenters. The zero-order valence-corrected chi connectivity index (χ0v) is 10.7. The van der Waals surface area contributed by atoms with Crippen LogP contribution in [-0.2, 0) is 0 Å². The molecule has 1 aliphatic carbocycles. The topological polar surface area (TPSA) is 75.1 Å². The zero-order chi connectivity index (χ0) is 13.1. The van der Waals surface area contributed by atoms with Crippen molar-refractivity contribution < 1.29 is 5.11 Å². The van der Waals surface area contributed by atoms with Gasteiger partial charge in [-0.2, -0.15) is 0 Å². The van der Waals surface area contributed by atoms with Crippen LogP contribution in [-0.4, -0.2) is 14.7 Å². The number of rotatable bonds is 1. The molecule has 5 nitrogen and oxygen atoms in total. The first kappa shape index (κ1) is 12.9. The Hall–Kier alpha value is -1.52. The minimum atomic E-state index is -0.500. The Kier molecular flexibility index (Phi) is 3.89. The normalized spacial score (nSPS) is 18.3. The van der Waals surface area contributed by atoms with Crippen LogP contribution in [0.5, 0.6) is 5.88 Å². The molecule has 5 heteroatoms. The van der Waals surface area contributed by atoms with Crippen molar-refractivity contribution in [3.05, 3.63) is 26.4 Å². The largest absolute Gasteiger partial charge is 0.494 e. The molecule has 100 valence electrons. The third kappa shape index (κ3) is 2.49. The van der Waals surface area contributed by atoms with Gasteiger partial charge in [0, 0.05) is 6.04 Å². The molecule has 1 heterocycles. The second-order valence-corrected chi connectivity index (χ2v) is 5.08. The van der Waals surface area contributed by atoms with Crippen LogP contribution in [0.25, 0.3) is 0 Å². The molecule has 1 fully saturated rings. The van der Waals surface area contributed by atoms with E-state index in [1.165, 1.54) is 30.8 Å². The van der Waals surface area contributed by atoms with E-state index < -0.39 is 11.2 Å². The summed E-state index contributed by atoms with van der Waals surface area (Å²) in [7, 11) is 0. The lowest BCUT2D eigenvalue weighted by Gasteiger charge is -2.23. The number of nitrogens with zero attached hydrogens (tertiary/aromatic N) is 1. The summed E-state index contributed by atoms with van der Waals surface area (Å²) in [5, 5.41) is 10.0. The van der Waals surface area contributed by atoms with Gasteiger partial charge in [-0.25, -0.2) is 4.79 Å². The smallest absolute Gasteiger partial charge is 0.331 e. The van der Waals surface area contributed by atoms with E-state index in [0.717, 1.165) is 25.7 Å². The summed E-state index contributed by atoms with van der Waals surface area (Å²) < 4.78 is 1.36. The Labute approximate surface area is 105 Å². The molecule has 1 aromatic rings. The molecule has 1 aromatic heterocycles. The highest BCUT2D eigenvalue weighted by Gasteiger charge is 2.19. The van der Waals surface area contributed by atoms with Crippen molar-refractivity contribution in [2.45, 2.75) is 57.9 Å². The van der Waals surface area contributed by atoms with Gasteiger partial charge in [0.25, 0.3) is 5.56 Å². The standard InChI is InChI=1S/C13H20N2O3/c1-9-11(16)14-13(18)15(12(9)17)10-7-5-3-2-4-6-8-10/h10,17H,2-8H2,1H3,(H,14,16,18). The summed E-state index contributed by atoms with van der Waals surface area (Å²) in [5.41, 5.74) is -0.773. The summed E-state index contributed by atoms with van der Waals surface area (Å²) >= 11 is 0. The fraction of sp³-hybridized carbons (Fsp3) is 0.692. The predicted molar refractivity (Wildman–Crippen MR) is 69.1 cm³/mol. The van der Waals surface area contributed by atoms with Crippen molar-refractivity contribution >= 4 is 0 Å². The Morgan fingerprint density at radius 1 is 1.11 bits per heavy atom. The van der Waals surface area contributed by atoms with Crippen LogP contribution < -0.4 is 11.2 Å². The second-order valence-electron chi connectivity index (χ2n) is 5.08. The quantitative estimate of drug-likeness (QED) is 0.800. The van der Waals surface area contributed by atoms with Crippen molar-refractivity contribution in [1.29, 1.82) is 0 Å². The molecule has 0 spiro atoms. The van der Waals surface area contributed by atoms with Gasteiger partial charge in [-0.05, 0) is 19.8 Å². The first-order chi connectivity index (χ1) is 8.61. The van der Waals surface area contributed by atoms with Crippen LogP contribution in [0, 0.1) is 6.92 Å². The molecule has 0 aliphatic heterocycles. The van der Waals surface area contributed by atoms with E-state index in [4.69, 9.17) is 0 Å². The van der Waals surface area contributed by atoms with E-state index in [1.807, 2.05) is 0 Å². The maximum Gasteiger partial charge on any atom is 0.331 e. The van der Waals surface area contributed by atoms with Crippen LogP contribution in [0.2, 0.25) is 0 Å². The van der Waals surface area contributed by atoms with Crippen molar-refractivity contribution in [3.8, 4) is 5.88 Å². The highest BCUT2D eigenvalue weighted by atomic mass is 16.3. The molecular formula is C13H20N2O3. The minimum Gasteiger partial charge on any atom is -0.494 e. The van der Waals surface area contributed by atoms with Crippen molar-refractivity contribution in [2.75, 3.05) is 0 Å². The zero-order valence-electron chi connectivity index (χ0n) is 10.7. The van der Waals surface area contributed by atoms with Gasteiger partial charge in [0.05, 0.1) is 5.56 Å². The van der Waals surface area contributed by atoms with Gasteiger partial charge in [-0.1, -0.05) is 32.1 Å². The van der Waals surface area contributed by atoms with Crippen molar-refractivity contribution in [2.24, 2.45) is 0 Å². The lowest BCUT2D eigenvalue weighted by Crippen LogP contribution is -2.34. The second kappa shape index (κ2) is 5.42. The maximum atomic E-state index is 11.9. The molecule has 0 atom stereocenters. The molecule has 2 N–H and O–H groups in total. The number of aromatic hydroxyl groups is 1. The van der Waals surface area contributed by atoms with E-state index in [9.17, 15) is 14.7 Å². The molecular weight excluding hydrogens is 232 g/mol. The number of hydrogen-bond donors (Lipinski definition) is 2. The van der Waals surface area contributed by atoms with Gasteiger partial charge in [0.15, 0.2) is 0 Å². The fourth-order valence-electron chi connectivity index (χ4n) is 2.66. The Morgan fingerprint density at radius 3 is 2.28 bits per heavy atom. The summed E-state index contributed by atoms with van der Waals surface area (Å²) in [4.78, 5) is 25.5. The van der Waals surface area contributed by atoms with Crippen LogP contribution in [0.3, 0.4) is 0 Å². The molecule has 0 aromatic carbocycles. The van der Waals surface area contributed by atoms with Crippen LogP contribution >= 0.6 is 0 Å². The molecule has 0 bridgehead atoms.